The third-order valence-corrected chi connectivity index (χ3v) is 3.32. The Morgan fingerprint density at radius 2 is 2.27 bits per heavy atom. The van der Waals surface area contributed by atoms with Crippen LogP contribution in [0.4, 0.5) is 0 Å². The highest BCUT2D eigenvalue weighted by Crippen LogP contribution is 2.23. The Labute approximate surface area is 91.4 Å². The lowest BCUT2D eigenvalue weighted by Gasteiger charge is -2.03. The lowest BCUT2D eigenvalue weighted by molar-refractivity contribution is 0.757. The van der Waals surface area contributed by atoms with Gasteiger partial charge in [0.15, 0.2) is 5.82 Å². The second-order valence-corrected chi connectivity index (χ2v) is 4.41. The summed E-state index contributed by atoms with van der Waals surface area (Å²) in [7, 11) is 0. The molecule has 0 bridgehead atoms. The van der Waals surface area contributed by atoms with Crippen molar-refractivity contribution >= 4 is 11.3 Å². The fourth-order valence-electron chi connectivity index (χ4n) is 1.77. The van der Waals surface area contributed by atoms with Crippen molar-refractivity contribution in [2.75, 3.05) is 0 Å². The minimum Gasteiger partial charge on any atom is -0.307 e. The molecule has 0 radical (unpaired) electrons. The van der Waals surface area contributed by atoms with E-state index in [0.29, 0.717) is 0 Å². The Morgan fingerprint density at radius 1 is 1.33 bits per heavy atom. The van der Waals surface area contributed by atoms with Crippen molar-refractivity contribution in [2.24, 2.45) is 0 Å². The molecule has 0 fully saturated rings. The van der Waals surface area contributed by atoms with Gasteiger partial charge in [0.05, 0.1) is 16.1 Å². The van der Waals surface area contributed by atoms with Crippen LogP contribution in [0.5, 0.6) is 0 Å². The SMILES string of the molecule is Cc1nc(-c2cncs2)nc2c1CNC2. The zero-order valence-electron chi connectivity index (χ0n) is 8.32. The van der Waals surface area contributed by atoms with Gasteiger partial charge < -0.3 is 5.32 Å². The highest BCUT2D eigenvalue weighted by Gasteiger charge is 2.17. The van der Waals surface area contributed by atoms with Crippen LogP contribution in [0.15, 0.2) is 11.7 Å². The minimum absolute atomic E-state index is 0.803. The topological polar surface area (TPSA) is 50.7 Å². The van der Waals surface area contributed by atoms with E-state index < -0.39 is 0 Å². The molecule has 3 rings (SSSR count). The number of nitrogens with zero attached hydrogens (tertiary/aromatic N) is 3. The molecule has 0 spiro atoms. The van der Waals surface area contributed by atoms with Gasteiger partial charge in [-0.1, -0.05) is 0 Å². The average Bonchev–Trinajstić information content (AvgIpc) is 2.88. The molecular formula is C10H10N4S. The Kier molecular flexibility index (Phi) is 2.00. The third kappa shape index (κ3) is 1.44. The van der Waals surface area contributed by atoms with Gasteiger partial charge >= 0.3 is 0 Å². The second kappa shape index (κ2) is 3.36. The number of thiazole rings is 1. The lowest BCUT2D eigenvalue weighted by Crippen LogP contribution is -2.00. The van der Waals surface area contributed by atoms with E-state index in [9.17, 15) is 0 Å². The van der Waals surface area contributed by atoms with Gasteiger partial charge in [-0.2, -0.15) is 0 Å². The summed E-state index contributed by atoms with van der Waals surface area (Å²) in [4.78, 5) is 14.1. The Balaban J connectivity index is 2.15. The molecule has 3 heterocycles. The molecule has 5 heteroatoms. The minimum atomic E-state index is 0.803. The molecule has 1 N–H and O–H groups in total. The molecule has 0 saturated heterocycles. The molecule has 0 unspecified atom stereocenters. The van der Waals surface area contributed by atoms with Crippen LogP contribution in [0.25, 0.3) is 10.7 Å². The van der Waals surface area contributed by atoms with Gasteiger partial charge in [0.25, 0.3) is 0 Å². The number of hydrogen-bond acceptors (Lipinski definition) is 5. The summed E-state index contributed by atoms with van der Waals surface area (Å²) in [5, 5.41) is 3.29. The Morgan fingerprint density at radius 3 is 3.07 bits per heavy atom. The Hall–Kier alpha value is -1.33. The normalized spacial score (nSPS) is 14.2. The van der Waals surface area contributed by atoms with Crippen molar-refractivity contribution in [3.8, 4) is 10.7 Å². The standard InChI is InChI=1S/C10H10N4S/c1-6-7-2-11-3-8(7)14-10(13-6)9-4-12-5-15-9/h4-5,11H,2-3H2,1H3. The van der Waals surface area contributed by atoms with Crippen LogP contribution in [-0.2, 0) is 13.1 Å². The highest BCUT2D eigenvalue weighted by molar-refractivity contribution is 7.13. The molecule has 0 aromatic carbocycles. The first-order valence-electron chi connectivity index (χ1n) is 4.80. The van der Waals surface area contributed by atoms with Crippen LogP contribution in [0.3, 0.4) is 0 Å². The van der Waals surface area contributed by atoms with Crippen molar-refractivity contribution in [1.82, 2.24) is 20.3 Å². The summed E-state index contributed by atoms with van der Waals surface area (Å²) < 4.78 is 0. The van der Waals surface area contributed by atoms with Crippen LogP contribution >= 0.6 is 11.3 Å². The fourth-order valence-corrected chi connectivity index (χ4v) is 2.33. The van der Waals surface area contributed by atoms with Gasteiger partial charge in [0.2, 0.25) is 0 Å². The average molecular weight is 218 g/mol. The van der Waals surface area contributed by atoms with E-state index in [1.54, 1.807) is 16.8 Å². The molecule has 4 nitrogen and oxygen atoms in total. The van der Waals surface area contributed by atoms with Gasteiger partial charge in [0, 0.05) is 30.5 Å². The molecule has 2 aromatic heterocycles. The number of rotatable bonds is 1. The maximum Gasteiger partial charge on any atom is 0.171 e. The first kappa shape index (κ1) is 8.94. The van der Waals surface area contributed by atoms with E-state index in [1.807, 2.05) is 13.1 Å². The summed E-state index contributed by atoms with van der Waals surface area (Å²) in [6, 6.07) is 0. The summed E-state index contributed by atoms with van der Waals surface area (Å²) >= 11 is 1.57. The lowest BCUT2D eigenvalue weighted by atomic mass is 10.2. The van der Waals surface area contributed by atoms with Gasteiger partial charge in [-0.15, -0.1) is 11.3 Å². The van der Waals surface area contributed by atoms with Crippen molar-refractivity contribution in [3.63, 3.8) is 0 Å². The van der Waals surface area contributed by atoms with Crippen molar-refractivity contribution < 1.29 is 0 Å². The molecule has 0 atom stereocenters. The zero-order chi connectivity index (χ0) is 10.3. The van der Waals surface area contributed by atoms with Crippen LogP contribution in [0.2, 0.25) is 0 Å². The molecule has 0 amide bonds. The second-order valence-electron chi connectivity index (χ2n) is 3.53. The molecule has 0 saturated carbocycles. The van der Waals surface area contributed by atoms with E-state index in [1.165, 1.54) is 5.56 Å². The van der Waals surface area contributed by atoms with Crippen molar-refractivity contribution in [2.45, 2.75) is 20.0 Å². The van der Waals surface area contributed by atoms with Crippen molar-refractivity contribution in [3.05, 3.63) is 28.7 Å². The summed E-state index contributed by atoms with van der Waals surface area (Å²) in [5.41, 5.74) is 5.27. The first-order valence-corrected chi connectivity index (χ1v) is 5.68. The number of fused-ring (bicyclic) bond motifs is 1. The molecule has 1 aliphatic rings. The van der Waals surface area contributed by atoms with E-state index in [0.717, 1.165) is 35.2 Å². The predicted octanol–water partition coefficient (Wildman–Crippen LogP) is 1.51. The van der Waals surface area contributed by atoms with Gasteiger partial charge in [-0.25, -0.2) is 9.97 Å². The van der Waals surface area contributed by atoms with E-state index >= 15 is 0 Å². The molecule has 1 aliphatic heterocycles. The molecule has 76 valence electrons. The van der Waals surface area contributed by atoms with Gasteiger partial charge in [-0.3, -0.25) is 4.98 Å². The van der Waals surface area contributed by atoms with Crippen LogP contribution in [0, 0.1) is 6.92 Å². The number of hydrogen-bond donors (Lipinski definition) is 1. The van der Waals surface area contributed by atoms with E-state index in [-0.39, 0.29) is 0 Å². The first-order chi connectivity index (χ1) is 7.34. The number of aryl methyl sites for hydroxylation is 1. The summed E-state index contributed by atoms with van der Waals surface area (Å²) in [6.45, 7) is 3.78. The number of nitrogens with one attached hydrogen (secondary N) is 1. The highest BCUT2D eigenvalue weighted by atomic mass is 32.1. The smallest absolute Gasteiger partial charge is 0.171 e. The number of aromatic nitrogens is 3. The maximum atomic E-state index is 4.55. The molecule has 15 heavy (non-hydrogen) atoms. The predicted molar refractivity (Wildman–Crippen MR) is 58.4 cm³/mol. The van der Waals surface area contributed by atoms with E-state index in [4.69, 9.17) is 0 Å². The van der Waals surface area contributed by atoms with Crippen molar-refractivity contribution in [1.29, 1.82) is 0 Å². The Bertz CT molecular complexity index is 492. The van der Waals surface area contributed by atoms with E-state index in [2.05, 4.69) is 20.3 Å². The monoisotopic (exact) mass is 218 g/mol. The summed E-state index contributed by atoms with van der Waals surface area (Å²) in [6.07, 6.45) is 1.81. The van der Waals surface area contributed by atoms with Crippen LogP contribution < -0.4 is 5.32 Å². The molecule has 2 aromatic rings. The largest absolute Gasteiger partial charge is 0.307 e. The van der Waals surface area contributed by atoms with Crippen LogP contribution in [0.1, 0.15) is 17.0 Å². The maximum absolute atomic E-state index is 4.55. The van der Waals surface area contributed by atoms with Gasteiger partial charge in [-0.05, 0) is 6.92 Å². The molecule has 0 aliphatic carbocycles. The van der Waals surface area contributed by atoms with Gasteiger partial charge in [0.1, 0.15) is 0 Å². The molecular weight excluding hydrogens is 208 g/mol. The third-order valence-electron chi connectivity index (χ3n) is 2.55. The zero-order valence-corrected chi connectivity index (χ0v) is 9.14. The quantitative estimate of drug-likeness (QED) is 0.788. The summed E-state index contributed by atoms with van der Waals surface area (Å²) in [5.74, 6) is 0.803. The fraction of sp³-hybridized carbons (Fsp3) is 0.300. The van der Waals surface area contributed by atoms with Crippen LogP contribution in [-0.4, -0.2) is 15.0 Å².